The summed E-state index contributed by atoms with van der Waals surface area (Å²) in [5.41, 5.74) is 0.469. The largest absolute Gasteiger partial charge is 0.493 e. The molecule has 0 radical (unpaired) electrons. The Bertz CT molecular complexity index is 458. The second-order valence-corrected chi connectivity index (χ2v) is 5.10. The van der Waals surface area contributed by atoms with E-state index in [1.54, 1.807) is 0 Å². The van der Waals surface area contributed by atoms with E-state index in [2.05, 4.69) is 0 Å². The molecule has 0 amide bonds. The average molecular weight is 249 g/mol. The van der Waals surface area contributed by atoms with E-state index in [0.29, 0.717) is 6.61 Å². The van der Waals surface area contributed by atoms with Gasteiger partial charge in [-0.25, -0.2) is 0 Å². The number of carbonyl (C=O) groups is 1. The summed E-state index contributed by atoms with van der Waals surface area (Å²) in [5, 5.41) is 9.26. The lowest BCUT2D eigenvalue weighted by atomic mass is 9.74. The van der Waals surface area contributed by atoms with E-state index in [1.807, 2.05) is 50.2 Å². The van der Waals surface area contributed by atoms with Crippen LogP contribution in [0, 0.1) is 5.92 Å². The SMILES string of the molecule is CC1COc2ccccc2C1(CC(=O)O)N(C)C. The van der Waals surface area contributed by atoms with Gasteiger partial charge in [0.2, 0.25) is 0 Å². The minimum absolute atomic E-state index is 0.0849. The number of rotatable bonds is 3. The Morgan fingerprint density at radius 2 is 2.17 bits per heavy atom. The second-order valence-electron chi connectivity index (χ2n) is 5.10. The number of aliphatic carboxylic acids is 1. The van der Waals surface area contributed by atoms with Crippen molar-refractivity contribution in [2.75, 3.05) is 20.7 Å². The van der Waals surface area contributed by atoms with Crippen LogP contribution in [0.5, 0.6) is 5.75 Å². The molecule has 1 aliphatic rings. The number of benzene rings is 1. The van der Waals surface area contributed by atoms with Crippen molar-refractivity contribution in [3.05, 3.63) is 29.8 Å². The molecule has 0 bridgehead atoms. The molecular weight excluding hydrogens is 230 g/mol. The molecule has 98 valence electrons. The van der Waals surface area contributed by atoms with Crippen molar-refractivity contribution in [1.82, 2.24) is 4.90 Å². The molecule has 0 spiro atoms. The molecule has 0 saturated heterocycles. The van der Waals surface area contributed by atoms with Gasteiger partial charge in [0.15, 0.2) is 0 Å². The zero-order valence-electron chi connectivity index (χ0n) is 11.0. The van der Waals surface area contributed by atoms with Crippen LogP contribution in [0.15, 0.2) is 24.3 Å². The standard InChI is InChI=1S/C14H19NO3/c1-10-9-18-12-7-5-4-6-11(12)14(10,15(2)3)8-13(16)17/h4-7,10H,8-9H2,1-3H3,(H,16,17). The number of nitrogens with zero attached hydrogens (tertiary/aromatic N) is 1. The highest BCUT2D eigenvalue weighted by atomic mass is 16.5. The van der Waals surface area contributed by atoms with E-state index in [1.165, 1.54) is 0 Å². The molecule has 0 aromatic heterocycles. The van der Waals surface area contributed by atoms with Crippen LogP contribution in [-0.2, 0) is 10.3 Å². The maximum absolute atomic E-state index is 11.3. The van der Waals surface area contributed by atoms with Crippen molar-refractivity contribution in [2.24, 2.45) is 5.92 Å². The molecule has 1 aliphatic heterocycles. The summed E-state index contributed by atoms with van der Waals surface area (Å²) < 4.78 is 5.70. The maximum atomic E-state index is 11.3. The number of carboxylic acids is 1. The molecule has 1 heterocycles. The van der Waals surface area contributed by atoms with Crippen LogP contribution in [0.4, 0.5) is 0 Å². The zero-order valence-corrected chi connectivity index (χ0v) is 11.0. The van der Waals surface area contributed by atoms with E-state index in [4.69, 9.17) is 4.74 Å². The summed E-state index contributed by atoms with van der Waals surface area (Å²) in [6, 6.07) is 7.71. The van der Waals surface area contributed by atoms with Crippen LogP contribution in [0.1, 0.15) is 18.9 Å². The molecule has 1 N–H and O–H groups in total. The maximum Gasteiger partial charge on any atom is 0.305 e. The van der Waals surface area contributed by atoms with Gasteiger partial charge in [-0.2, -0.15) is 0 Å². The summed E-state index contributed by atoms with van der Waals surface area (Å²) in [4.78, 5) is 13.3. The predicted octanol–water partition coefficient (Wildman–Crippen LogP) is 1.95. The first-order valence-corrected chi connectivity index (χ1v) is 6.10. The van der Waals surface area contributed by atoms with Crippen LogP contribution >= 0.6 is 0 Å². The molecule has 0 aliphatic carbocycles. The van der Waals surface area contributed by atoms with Crippen LogP contribution < -0.4 is 4.74 Å². The summed E-state index contributed by atoms with van der Waals surface area (Å²) in [6.07, 6.45) is 0.0849. The summed E-state index contributed by atoms with van der Waals surface area (Å²) in [5.74, 6) is 0.135. The van der Waals surface area contributed by atoms with E-state index < -0.39 is 11.5 Å². The second kappa shape index (κ2) is 4.61. The normalized spacial score (nSPS) is 26.6. The Labute approximate surface area is 107 Å². The van der Waals surface area contributed by atoms with Gasteiger partial charge in [0.05, 0.1) is 18.6 Å². The minimum atomic E-state index is -0.785. The Morgan fingerprint density at radius 1 is 1.50 bits per heavy atom. The van der Waals surface area contributed by atoms with E-state index in [-0.39, 0.29) is 12.3 Å². The van der Waals surface area contributed by atoms with Gasteiger partial charge in [0.1, 0.15) is 5.75 Å². The van der Waals surface area contributed by atoms with Gasteiger partial charge in [0, 0.05) is 11.5 Å². The monoisotopic (exact) mass is 249 g/mol. The Hall–Kier alpha value is -1.55. The highest BCUT2D eigenvalue weighted by Gasteiger charge is 2.46. The first-order chi connectivity index (χ1) is 8.48. The third-order valence-corrected chi connectivity index (χ3v) is 3.88. The van der Waals surface area contributed by atoms with Gasteiger partial charge in [-0.05, 0) is 20.2 Å². The van der Waals surface area contributed by atoms with Crippen LogP contribution in [0.2, 0.25) is 0 Å². The summed E-state index contributed by atoms with van der Waals surface area (Å²) in [7, 11) is 3.86. The fraction of sp³-hybridized carbons (Fsp3) is 0.500. The smallest absolute Gasteiger partial charge is 0.305 e. The average Bonchev–Trinajstić information content (AvgIpc) is 2.32. The molecule has 2 rings (SSSR count). The lowest BCUT2D eigenvalue weighted by Gasteiger charge is -2.47. The van der Waals surface area contributed by atoms with Gasteiger partial charge < -0.3 is 9.84 Å². The number of hydrogen-bond donors (Lipinski definition) is 1. The minimum Gasteiger partial charge on any atom is -0.493 e. The first kappa shape index (κ1) is 12.9. The van der Waals surface area contributed by atoms with Gasteiger partial charge in [0.25, 0.3) is 0 Å². The fourth-order valence-electron chi connectivity index (χ4n) is 2.91. The summed E-state index contributed by atoms with van der Waals surface area (Å²) in [6.45, 7) is 2.58. The van der Waals surface area contributed by atoms with Crippen molar-refractivity contribution < 1.29 is 14.6 Å². The van der Waals surface area contributed by atoms with Crippen molar-refractivity contribution in [3.63, 3.8) is 0 Å². The predicted molar refractivity (Wildman–Crippen MR) is 68.7 cm³/mol. The third-order valence-electron chi connectivity index (χ3n) is 3.88. The number of para-hydroxylation sites is 1. The van der Waals surface area contributed by atoms with Crippen molar-refractivity contribution in [3.8, 4) is 5.75 Å². The van der Waals surface area contributed by atoms with E-state index in [9.17, 15) is 9.90 Å². The number of hydrogen-bond acceptors (Lipinski definition) is 3. The van der Waals surface area contributed by atoms with Crippen molar-refractivity contribution in [2.45, 2.75) is 18.9 Å². The molecule has 0 fully saturated rings. The molecule has 0 saturated carbocycles. The highest BCUT2D eigenvalue weighted by molar-refractivity contribution is 5.69. The Kier molecular flexibility index (Phi) is 3.30. The topological polar surface area (TPSA) is 49.8 Å². The lowest BCUT2D eigenvalue weighted by Crippen LogP contribution is -2.52. The zero-order chi connectivity index (χ0) is 13.3. The molecule has 1 aromatic rings. The molecule has 18 heavy (non-hydrogen) atoms. The molecule has 4 nitrogen and oxygen atoms in total. The highest BCUT2D eigenvalue weighted by Crippen LogP contribution is 2.45. The van der Waals surface area contributed by atoms with Gasteiger partial charge >= 0.3 is 5.97 Å². The number of fused-ring (bicyclic) bond motifs is 1. The lowest BCUT2D eigenvalue weighted by molar-refractivity contribution is -0.142. The third kappa shape index (κ3) is 1.86. The van der Waals surface area contributed by atoms with Gasteiger partial charge in [-0.1, -0.05) is 25.1 Å². The van der Waals surface area contributed by atoms with E-state index in [0.717, 1.165) is 11.3 Å². The Balaban J connectivity index is 2.59. The van der Waals surface area contributed by atoms with Gasteiger partial charge in [-0.15, -0.1) is 0 Å². The van der Waals surface area contributed by atoms with Crippen molar-refractivity contribution >= 4 is 5.97 Å². The Morgan fingerprint density at radius 3 is 2.78 bits per heavy atom. The van der Waals surface area contributed by atoms with Crippen LogP contribution in [0.25, 0.3) is 0 Å². The quantitative estimate of drug-likeness (QED) is 0.889. The molecule has 2 unspecified atom stereocenters. The van der Waals surface area contributed by atoms with E-state index >= 15 is 0 Å². The van der Waals surface area contributed by atoms with Gasteiger partial charge in [-0.3, -0.25) is 9.69 Å². The van der Waals surface area contributed by atoms with Crippen LogP contribution in [-0.4, -0.2) is 36.7 Å². The summed E-state index contributed by atoms with van der Waals surface area (Å²) >= 11 is 0. The first-order valence-electron chi connectivity index (χ1n) is 6.10. The molecule has 2 atom stereocenters. The fourth-order valence-corrected chi connectivity index (χ4v) is 2.91. The molecule has 1 aromatic carbocycles. The number of ether oxygens (including phenoxy) is 1. The molecule has 4 heteroatoms. The number of carboxylic acid groups (broad SMARTS) is 1. The molecular formula is C14H19NO3. The van der Waals surface area contributed by atoms with Crippen molar-refractivity contribution in [1.29, 1.82) is 0 Å². The van der Waals surface area contributed by atoms with Crippen LogP contribution in [0.3, 0.4) is 0 Å².